The minimum absolute atomic E-state index is 0.0494. The third-order valence-electron chi connectivity index (χ3n) is 6.08. The molecule has 1 atom stereocenters. The molecule has 8 heteroatoms. The van der Waals surface area contributed by atoms with Crippen molar-refractivity contribution in [2.45, 2.75) is 32.1 Å². The van der Waals surface area contributed by atoms with Crippen LogP contribution in [0.25, 0.3) is 11.3 Å². The van der Waals surface area contributed by atoms with Gasteiger partial charge in [0.05, 0.1) is 16.0 Å². The van der Waals surface area contributed by atoms with Gasteiger partial charge in [0.15, 0.2) is 5.78 Å². The van der Waals surface area contributed by atoms with Crippen molar-refractivity contribution in [2.24, 2.45) is 0 Å². The number of hydrogen-bond acceptors (Lipinski definition) is 4. The summed E-state index contributed by atoms with van der Waals surface area (Å²) in [7, 11) is 0. The van der Waals surface area contributed by atoms with Crippen LogP contribution in [-0.2, 0) is 9.59 Å². The lowest BCUT2D eigenvalue weighted by Crippen LogP contribution is -2.36. The van der Waals surface area contributed by atoms with Crippen LogP contribution in [0.3, 0.4) is 0 Å². The molecule has 1 unspecified atom stereocenters. The van der Waals surface area contributed by atoms with E-state index >= 15 is 0 Å². The molecule has 1 amide bonds. The highest BCUT2D eigenvalue weighted by Gasteiger charge is 2.41. The fourth-order valence-electron chi connectivity index (χ4n) is 4.52. The second-order valence-electron chi connectivity index (χ2n) is 8.35. The molecule has 172 valence electrons. The fraction of sp³-hybridized carbons (Fsp3) is 0.192. The summed E-state index contributed by atoms with van der Waals surface area (Å²) in [5.41, 5.74) is 3.62. The monoisotopic (exact) mass is 582 g/mol. The molecule has 1 aliphatic heterocycles. The molecule has 0 bridgehead atoms. The van der Waals surface area contributed by atoms with Crippen LogP contribution in [0.4, 0.5) is 5.82 Å². The zero-order valence-electron chi connectivity index (χ0n) is 18.4. The van der Waals surface area contributed by atoms with E-state index in [4.69, 9.17) is 4.42 Å². The minimum Gasteiger partial charge on any atom is -0.460 e. The van der Waals surface area contributed by atoms with E-state index in [9.17, 15) is 9.59 Å². The highest BCUT2D eigenvalue weighted by molar-refractivity contribution is 9.10. The molecule has 0 saturated carbocycles. The smallest absolute Gasteiger partial charge is 0.337 e. The number of benzene rings is 1. The molecule has 5 rings (SSSR count). The number of carbonyl (C=O) groups excluding carboxylic acids is 2. The Balaban J connectivity index is 1.56. The Kier molecular flexibility index (Phi) is 6.27. The van der Waals surface area contributed by atoms with Crippen LogP contribution >= 0.6 is 31.9 Å². The molecule has 2 aromatic heterocycles. The summed E-state index contributed by atoms with van der Waals surface area (Å²) in [5, 5.41) is 6.26. The molecule has 3 heterocycles. The Morgan fingerprint density at radius 2 is 1.82 bits per heavy atom. The summed E-state index contributed by atoms with van der Waals surface area (Å²) >= 11 is 6.84. The number of anilines is 1. The predicted octanol–water partition coefficient (Wildman–Crippen LogP) is 5.89. The number of rotatable bonds is 4. The van der Waals surface area contributed by atoms with Gasteiger partial charge in [0, 0.05) is 39.5 Å². The summed E-state index contributed by atoms with van der Waals surface area (Å²) in [6, 6.07) is 15.2. The number of Topliss-reactive ketones (excluding diaryl/α,β-unsaturated/α-hetero) is 1. The van der Waals surface area contributed by atoms with E-state index in [1.54, 1.807) is 12.3 Å². The number of carbonyl (C=O) groups is 2. The van der Waals surface area contributed by atoms with Crippen LogP contribution in [0.15, 0.2) is 90.6 Å². The van der Waals surface area contributed by atoms with Gasteiger partial charge in [-0.2, -0.15) is 0 Å². The number of aromatic amines is 1. The molecule has 6 nitrogen and oxygen atoms in total. The molecule has 3 N–H and O–H groups in total. The van der Waals surface area contributed by atoms with Crippen molar-refractivity contribution in [3.8, 4) is 11.3 Å². The maximum Gasteiger partial charge on any atom is 0.337 e. The van der Waals surface area contributed by atoms with Crippen molar-refractivity contribution in [3.63, 3.8) is 0 Å². The molecule has 0 radical (unpaired) electrons. The number of amides is 1. The Bertz CT molecular complexity index is 1340. The van der Waals surface area contributed by atoms with E-state index in [0.717, 1.165) is 38.7 Å². The van der Waals surface area contributed by atoms with Crippen LogP contribution in [0, 0.1) is 0 Å². The molecule has 0 fully saturated rings. The van der Waals surface area contributed by atoms with E-state index in [-0.39, 0.29) is 11.7 Å². The van der Waals surface area contributed by atoms with Crippen LogP contribution < -0.4 is 15.6 Å². The first-order chi connectivity index (χ1) is 16.4. The Morgan fingerprint density at radius 1 is 1.06 bits per heavy atom. The molecular weight excluding hydrogens is 562 g/mol. The largest absolute Gasteiger partial charge is 0.460 e. The Morgan fingerprint density at radius 3 is 2.56 bits per heavy atom. The van der Waals surface area contributed by atoms with E-state index in [0.29, 0.717) is 34.9 Å². The third-order valence-corrected chi connectivity index (χ3v) is 7.11. The van der Waals surface area contributed by atoms with Crippen LogP contribution in [0.5, 0.6) is 0 Å². The lowest BCUT2D eigenvalue weighted by atomic mass is 9.77. The first kappa shape index (κ1) is 22.8. The number of furan rings is 1. The van der Waals surface area contributed by atoms with Crippen molar-refractivity contribution in [1.29, 1.82) is 0 Å². The number of hydrogen-bond donors (Lipinski definition) is 2. The second-order valence-corrected chi connectivity index (χ2v) is 10.2. The number of halogens is 2. The second kappa shape index (κ2) is 9.35. The SMILES string of the molecule is CC1=C(C(=O)Nc2ccc(Br)c[nH+]2)C(c2ccc(-c3ccc(Br)cc3)o2)C2=C(CCCC2=O)N1. The van der Waals surface area contributed by atoms with Crippen molar-refractivity contribution in [3.05, 3.63) is 92.0 Å². The molecule has 3 aromatic rings. The highest BCUT2D eigenvalue weighted by Crippen LogP contribution is 2.43. The van der Waals surface area contributed by atoms with Gasteiger partial charge in [-0.3, -0.25) is 4.79 Å². The van der Waals surface area contributed by atoms with Crippen LogP contribution in [-0.4, -0.2) is 11.7 Å². The predicted molar refractivity (Wildman–Crippen MR) is 136 cm³/mol. The molecule has 0 saturated heterocycles. The first-order valence-electron chi connectivity index (χ1n) is 11.0. The maximum absolute atomic E-state index is 13.5. The average molecular weight is 584 g/mol. The number of ketones is 1. The Labute approximate surface area is 213 Å². The van der Waals surface area contributed by atoms with Crippen LogP contribution in [0.1, 0.15) is 37.9 Å². The summed E-state index contributed by atoms with van der Waals surface area (Å²) < 4.78 is 8.13. The van der Waals surface area contributed by atoms with Crippen molar-refractivity contribution >= 4 is 49.4 Å². The zero-order valence-corrected chi connectivity index (χ0v) is 21.5. The molecule has 2 aliphatic rings. The number of H-pyrrole nitrogens is 1. The van der Waals surface area contributed by atoms with Gasteiger partial charge in [0.1, 0.15) is 17.7 Å². The highest BCUT2D eigenvalue weighted by atomic mass is 79.9. The maximum atomic E-state index is 13.5. The van der Waals surface area contributed by atoms with E-state index in [2.05, 4.69) is 47.5 Å². The van der Waals surface area contributed by atoms with Crippen molar-refractivity contribution in [1.82, 2.24) is 5.32 Å². The Hall–Kier alpha value is -2.97. The van der Waals surface area contributed by atoms with Gasteiger partial charge in [0.25, 0.3) is 5.82 Å². The molecule has 1 aliphatic carbocycles. The van der Waals surface area contributed by atoms with Gasteiger partial charge in [-0.15, -0.1) is 0 Å². The number of aromatic nitrogens is 1. The summed E-state index contributed by atoms with van der Waals surface area (Å²) in [6.07, 6.45) is 3.77. The van der Waals surface area contributed by atoms with E-state index in [1.807, 2.05) is 49.4 Å². The van der Waals surface area contributed by atoms with Crippen LogP contribution in [0.2, 0.25) is 0 Å². The normalized spacial score (nSPS) is 18.0. The minimum atomic E-state index is -0.580. The zero-order chi connectivity index (χ0) is 23.8. The summed E-state index contributed by atoms with van der Waals surface area (Å²) in [4.78, 5) is 29.7. The number of nitrogens with one attached hydrogen (secondary N) is 3. The molecule has 0 spiro atoms. The fourth-order valence-corrected chi connectivity index (χ4v) is 5.03. The molecule has 34 heavy (non-hydrogen) atoms. The first-order valence-corrected chi connectivity index (χ1v) is 12.6. The van der Waals surface area contributed by atoms with Crippen molar-refractivity contribution < 1.29 is 19.0 Å². The number of pyridine rings is 1. The number of dihydropyridines is 1. The standard InChI is InChI=1S/C26H21Br2N3O3/c1-14-23(26(33)31-22-12-9-17(28)13-29-22)25(24-18(30-14)3-2-4-19(24)32)21-11-10-20(34-21)15-5-7-16(27)8-6-15/h5-13,25,30H,2-4H2,1H3,(H,29,31,33)/p+1. The van der Waals surface area contributed by atoms with E-state index in [1.165, 1.54) is 0 Å². The van der Waals surface area contributed by atoms with Gasteiger partial charge in [-0.1, -0.05) is 28.1 Å². The van der Waals surface area contributed by atoms with Gasteiger partial charge in [-0.25, -0.2) is 15.1 Å². The lowest BCUT2D eigenvalue weighted by Gasteiger charge is -2.32. The summed E-state index contributed by atoms with van der Waals surface area (Å²) in [5.74, 6) is 0.991. The van der Waals surface area contributed by atoms with Gasteiger partial charge in [0.2, 0.25) is 0 Å². The average Bonchev–Trinajstić information content (AvgIpc) is 3.30. The van der Waals surface area contributed by atoms with Gasteiger partial charge in [-0.05, 0) is 66.0 Å². The van der Waals surface area contributed by atoms with Gasteiger partial charge < -0.3 is 9.73 Å². The third kappa shape index (κ3) is 4.40. The van der Waals surface area contributed by atoms with Crippen molar-refractivity contribution in [2.75, 3.05) is 5.32 Å². The van der Waals surface area contributed by atoms with Gasteiger partial charge >= 0.3 is 5.91 Å². The quantitative estimate of drug-likeness (QED) is 0.401. The lowest BCUT2D eigenvalue weighted by molar-refractivity contribution is -0.361. The number of allylic oxidation sites excluding steroid dienone is 3. The molecule has 1 aromatic carbocycles. The molecular formula is C26H22Br2N3O3+. The topological polar surface area (TPSA) is 85.5 Å². The van der Waals surface area contributed by atoms with E-state index < -0.39 is 5.92 Å². The summed E-state index contributed by atoms with van der Waals surface area (Å²) in [6.45, 7) is 1.87.